The van der Waals surface area contributed by atoms with E-state index < -0.39 is 6.03 Å². The Morgan fingerprint density at radius 1 is 1.57 bits per heavy atom. The highest BCUT2D eigenvalue weighted by Gasteiger charge is 1.94. The first-order valence-corrected chi connectivity index (χ1v) is 3.88. The highest BCUT2D eigenvalue weighted by molar-refractivity contribution is 5.84. The lowest BCUT2D eigenvalue weighted by Crippen LogP contribution is -2.24. The minimum Gasteiger partial charge on any atom is -0.350 e. The number of nitrogens with two attached hydrogens (primary N) is 1. The number of rotatable bonds is 2. The Kier molecular flexibility index (Phi) is 3.27. The van der Waals surface area contributed by atoms with Gasteiger partial charge >= 0.3 is 6.03 Å². The molecule has 0 aliphatic heterocycles. The molecule has 0 saturated heterocycles. The third-order valence-corrected chi connectivity index (χ3v) is 1.49. The predicted molar refractivity (Wildman–Crippen MR) is 54.7 cm³/mol. The Bertz CT molecular complexity index is 404. The fraction of sp³-hybridized carbons (Fsp3) is 0. The molecule has 1 aromatic carbocycles. The Hall–Kier alpha value is -2.28. The van der Waals surface area contributed by atoms with E-state index in [-0.39, 0.29) is 0 Å². The van der Waals surface area contributed by atoms with E-state index in [1.54, 1.807) is 12.1 Å². The predicted octanol–water partition coefficient (Wildman–Crippen LogP) is 0.670. The molecule has 0 radical (unpaired) electrons. The molecule has 4 nitrogen and oxygen atoms in total. The molecule has 0 aromatic heterocycles. The molecule has 0 aliphatic carbocycles. The van der Waals surface area contributed by atoms with Crippen molar-refractivity contribution in [2.75, 3.05) is 0 Å². The molecule has 0 spiro atoms. The van der Waals surface area contributed by atoms with Gasteiger partial charge in [0.15, 0.2) is 0 Å². The maximum absolute atomic E-state index is 10.3. The number of amides is 2. The van der Waals surface area contributed by atoms with Gasteiger partial charge in [0.2, 0.25) is 0 Å². The first-order chi connectivity index (χ1) is 6.74. The van der Waals surface area contributed by atoms with Crippen LogP contribution < -0.4 is 11.2 Å². The standard InChI is InChI=1S/C10H9N3O/c1-2-8-5-3-4-6-9(8)7-12-13-10(11)14/h1,3-7H,(H3,11,13,14)/b12-7+. The molecule has 0 heterocycles. The summed E-state index contributed by atoms with van der Waals surface area (Å²) in [7, 11) is 0. The Labute approximate surface area is 81.8 Å². The molecule has 70 valence electrons. The van der Waals surface area contributed by atoms with Crippen molar-refractivity contribution >= 4 is 12.2 Å². The number of primary amides is 1. The van der Waals surface area contributed by atoms with Gasteiger partial charge in [0, 0.05) is 11.1 Å². The average Bonchev–Trinajstić information content (AvgIpc) is 2.18. The summed E-state index contributed by atoms with van der Waals surface area (Å²) in [6.45, 7) is 0. The fourth-order valence-electron chi connectivity index (χ4n) is 0.906. The van der Waals surface area contributed by atoms with Crippen LogP contribution in [-0.4, -0.2) is 12.2 Å². The molecular weight excluding hydrogens is 178 g/mol. The summed E-state index contributed by atoms with van der Waals surface area (Å²) in [5, 5.41) is 3.60. The summed E-state index contributed by atoms with van der Waals surface area (Å²) in [4.78, 5) is 10.3. The maximum Gasteiger partial charge on any atom is 0.332 e. The number of nitrogens with one attached hydrogen (secondary N) is 1. The monoisotopic (exact) mass is 187 g/mol. The molecule has 0 saturated carbocycles. The molecule has 0 unspecified atom stereocenters. The summed E-state index contributed by atoms with van der Waals surface area (Å²) >= 11 is 0. The van der Waals surface area contributed by atoms with E-state index in [4.69, 9.17) is 12.2 Å². The smallest absolute Gasteiger partial charge is 0.332 e. The van der Waals surface area contributed by atoms with Crippen molar-refractivity contribution in [3.63, 3.8) is 0 Å². The summed E-state index contributed by atoms with van der Waals surface area (Å²) in [6.07, 6.45) is 6.70. The zero-order valence-electron chi connectivity index (χ0n) is 7.40. The van der Waals surface area contributed by atoms with Crippen LogP contribution in [0.15, 0.2) is 29.4 Å². The van der Waals surface area contributed by atoms with Crippen LogP contribution in [0, 0.1) is 12.3 Å². The number of hydrogen-bond acceptors (Lipinski definition) is 2. The van der Waals surface area contributed by atoms with Gasteiger partial charge in [-0.05, 0) is 6.07 Å². The molecule has 4 heteroatoms. The van der Waals surface area contributed by atoms with Crippen molar-refractivity contribution in [3.8, 4) is 12.3 Å². The van der Waals surface area contributed by atoms with E-state index >= 15 is 0 Å². The first-order valence-electron chi connectivity index (χ1n) is 3.88. The van der Waals surface area contributed by atoms with Crippen LogP contribution in [0.5, 0.6) is 0 Å². The summed E-state index contributed by atoms with van der Waals surface area (Å²) in [6, 6.07) is 6.52. The molecule has 0 aliphatic rings. The molecule has 1 aromatic rings. The van der Waals surface area contributed by atoms with Crippen LogP contribution in [0.3, 0.4) is 0 Å². The SMILES string of the molecule is C#Cc1ccccc1/C=N/NC(N)=O. The lowest BCUT2D eigenvalue weighted by atomic mass is 10.1. The number of nitrogens with zero attached hydrogens (tertiary/aromatic N) is 1. The first kappa shape index (κ1) is 9.81. The van der Waals surface area contributed by atoms with Crippen LogP contribution in [0.4, 0.5) is 4.79 Å². The number of urea groups is 1. The van der Waals surface area contributed by atoms with Crippen LogP contribution >= 0.6 is 0 Å². The van der Waals surface area contributed by atoms with Crippen molar-refractivity contribution in [3.05, 3.63) is 35.4 Å². The lowest BCUT2D eigenvalue weighted by molar-refractivity contribution is 0.249. The van der Waals surface area contributed by atoms with Crippen molar-refractivity contribution in [2.24, 2.45) is 10.8 Å². The zero-order valence-corrected chi connectivity index (χ0v) is 7.40. The topological polar surface area (TPSA) is 67.5 Å². The van der Waals surface area contributed by atoms with E-state index in [9.17, 15) is 4.79 Å². The van der Waals surface area contributed by atoms with Crippen molar-refractivity contribution in [1.82, 2.24) is 5.43 Å². The van der Waals surface area contributed by atoms with Gasteiger partial charge < -0.3 is 5.73 Å². The Balaban J connectivity index is 2.81. The number of hydrazone groups is 1. The molecule has 2 amide bonds. The number of carbonyl (C=O) groups excluding carboxylic acids is 1. The largest absolute Gasteiger partial charge is 0.350 e. The highest BCUT2D eigenvalue weighted by Crippen LogP contribution is 2.03. The Morgan fingerprint density at radius 3 is 2.93 bits per heavy atom. The van der Waals surface area contributed by atoms with Crippen molar-refractivity contribution < 1.29 is 4.79 Å². The summed E-state index contributed by atoms with van der Waals surface area (Å²) in [5.41, 5.74) is 8.37. The van der Waals surface area contributed by atoms with E-state index in [2.05, 4.69) is 16.4 Å². The van der Waals surface area contributed by atoms with E-state index in [0.717, 1.165) is 5.56 Å². The van der Waals surface area contributed by atoms with E-state index in [1.165, 1.54) is 6.21 Å². The molecule has 0 atom stereocenters. The quantitative estimate of drug-likeness (QED) is 0.399. The maximum atomic E-state index is 10.3. The van der Waals surface area contributed by atoms with E-state index in [0.29, 0.717) is 5.56 Å². The van der Waals surface area contributed by atoms with Gasteiger partial charge in [0.05, 0.1) is 6.21 Å². The molecule has 0 bridgehead atoms. The second-order valence-corrected chi connectivity index (χ2v) is 2.47. The minimum absolute atomic E-state index is 0.709. The lowest BCUT2D eigenvalue weighted by Gasteiger charge is -1.96. The van der Waals surface area contributed by atoms with Crippen LogP contribution in [0.2, 0.25) is 0 Å². The number of terminal acetylenes is 1. The van der Waals surface area contributed by atoms with Crippen LogP contribution in [-0.2, 0) is 0 Å². The second-order valence-electron chi connectivity index (χ2n) is 2.47. The third kappa shape index (κ3) is 2.64. The average molecular weight is 187 g/mol. The molecule has 14 heavy (non-hydrogen) atoms. The molecule has 3 N–H and O–H groups in total. The van der Waals surface area contributed by atoms with Gasteiger partial charge in [0.25, 0.3) is 0 Å². The second kappa shape index (κ2) is 4.67. The fourth-order valence-corrected chi connectivity index (χ4v) is 0.906. The molecular formula is C10H9N3O. The zero-order chi connectivity index (χ0) is 10.4. The normalized spacial score (nSPS) is 9.64. The van der Waals surface area contributed by atoms with Gasteiger partial charge in [0.1, 0.15) is 0 Å². The van der Waals surface area contributed by atoms with Gasteiger partial charge in [-0.3, -0.25) is 0 Å². The Morgan fingerprint density at radius 2 is 2.29 bits per heavy atom. The van der Waals surface area contributed by atoms with Crippen molar-refractivity contribution in [1.29, 1.82) is 0 Å². The van der Waals surface area contributed by atoms with Crippen LogP contribution in [0.25, 0.3) is 0 Å². The number of benzene rings is 1. The highest BCUT2D eigenvalue weighted by atomic mass is 16.2. The van der Waals surface area contributed by atoms with Crippen LogP contribution in [0.1, 0.15) is 11.1 Å². The summed E-state index contributed by atoms with van der Waals surface area (Å²) < 4.78 is 0. The minimum atomic E-state index is -0.709. The summed E-state index contributed by atoms with van der Waals surface area (Å²) in [5.74, 6) is 2.50. The van der Waals surface area contributed by atoms with E-state index in [1.807, 2.05) is 12.1 Å². The number of hydrogen-bond donors (Lipinski definition) is 2. The van der Waals surface area contributed by atoms with Crippen molar-refractivity contribution in [2.45, 2.75) is 0 Å². The number of carbonyl (C=O) groups is 1. The van der Waals surface area contributed by atoms with Gasteiger partial charge in [-0.2, -0.15) is 5.10 Å². The van der Waals surface area contributed by atoms with Gasteiger partial charge in [-0.15, -0.1) is 6.42 Å². The van der Waals surface area contributed by atoms with Gasteiger partial charge in [-0.1, -0.05) is 24.1 Å². The van der Waals surface area contributed by atoms with Gasteiger partial charge in [-0.25, -0.2) is 10.2 Å². The molecule has 0 fully saturated rings. The third-order valence-electron chi connectivity index (χ3n) is 1.49. The molecule has 1 rings (SSSR count).